The van der Waals surface area contributed by atoms with Gasteiger partial charge in [0.15, 0.2) is 0 Å². The first kappa shape index (κ1) is 19.2. The minimum atomic E-state index is -0.490. The summed E-state index contributed by atoms with van der Waals surface area (Å²) in [5, 5.41) is 0. The lowest BCUT2D eigenvalue weighted by atomic mass is 10.0. The zero-order chi connectivity index (χ0) is 19.8. The SMILES string of the molecule is CO/C=C(/C(=O)OC)c1ccccc1Oc1cccc(Cc2ccccc2)c1. The average molecular weight is 374 g/mol. The van der Waals surface area contributed by atoms with Gasteiger partial charge in [0.25, 0.3) is 0 Å². The van der Waals surface area contributed by atoms with Gasteiger partial charge in [-0.15, -0.1) is 0 Å². The molecule has 0 N–H and O–H groups in total. The van der Waals surface area contributed by atoms with Crippen molar-refractivity contribution in [2.45, 2.75) is 6.42 Å². The van der Waals surface area contributed by atoms with E-state index in [2.05, 4.69) is 18.2 Å². The number of methoxy groups -OCH3 is 2. The van der Waals surface area contributed by atoms with Crippen molar-refractivity contribution in [3.8, 4) is 11.5 Å². The van der Waals surface area contributed by atoms with Crippen molar-refractivity contribution in [3.05, 3.63) is 102 Å². The Morgan fingerprint density at radius 1 is 0.857 bits per heavy atom. The lowest BCUT2D eigenvalue weighted by molar-refractivity contribution is -0.133. The first-order valence-corrected chi connectivity index (χ1v) is 8.92. The van der Waals surface area contributed by atoms with Crippen molar-refractivity contribution in [3.63, 3.8) is 0 Å². The van der Waals surface area contributed by atoms with Crippen LogP contribution in [0.15, 0.2) is 85.1 Å². The summed E-state index contributed by atoms with van der Waals surface area (Å²) < 4.78 is 16.0. The predicted octanol–water partition coefficient (Wildman–Crippen LogP) is 5.23. The summed E-state index contributed by atoms with van der Waals surface area (Å²) in [4.78, 5) is 12.1. The Balaban J connectivity index is 1.87. The van der Waals surface area contributed by atoms with Gasteiger partial charge in [-0.05, 0) is 35.7 Å². The molecule has 0 unspecified atom stereocenters. The molecule has 142 valence electrons. The van der Waals surface area contributed by atoms with Crippen LogP contribution in [0.4, 0.5) is 0 Å². The summed E-state index contributed by atoms with van der Waals surface area (Å²) in [6.45, 7) is 0. The van der Waals surface area contributed by atoms with Gasteiger partial charge in [0, 0.05) is 5.56 Å². The van der Waals surface area contributed by atoms with Crippen LogP contribution in [0.25, 0.3) is 5.57 Å². The van der Waals surface area contributed by atoms with Crippen molar-refractivity contribution in [2.75, 3.05) is 14.2 Å². The van der Waals surface area contributed by atoms with Crippen LogP contribution in [0, 0.1) is 0 Å². The molecule has 28 heavy (non-hydrogen) atoms. The zero-order valence-corrected chi connectivity index (χ0v) is 15.9. The lowest BCUT2D eigenvalue weighted by Gasteiger charge is -2.13. The molecule has 0 aliphatic rings. The van der Waals surface area contributed by atoms with E-state index in [1.165, 1.54) is 26.0 Å². The van der Waals surface area contributed by atoms with Crippen LogP contribution in [0.2, 0.25) is 0 Å². The van der Waals surface area contributed by atoms with Gasteiger partial charge >= 0.3 is 5.97 Å². The van der Waals surface area contributed by atoms with Crippen LogP contribution in [0.3, 0.4) is 0 Å². The number of rotatable bonds is 7. The molecule has 0 heterocycles. The van der Waals surface area contributed by atoms with Crippen molar-refractivity contribution < 1.29 is 19.0 Å². The van der Waals surface area contributed by atoms with E-state index in [4.69, 9.17) is 14.2 Å². The number of benzene rings is 3. The molecular weight excluding hydrogens is 352 g/mol. The number of hydrogen-bond acceptors (Lipinski definition) is 4. The molecule has 0 aliphatic heterocycles. The number of ether oxygens (including phenoxy) is 3. The average Bonchev–Trinajstić information content (AvgIpc) is 2.73. The highest BCUT2D eigenvalue weighted by Gasteiger charge is 2.18. The Bertz CT molecular complexity index is 961. The molecule has 3 rings (SSSR count). The second-order valence-corrected chi connectivity index (χ2v) is 6.17. The fourth-order valence-electron chi connectivity index (χ4n) is 2.90. The second kappa shape index (κ2) is 9.42. The smallest absolute Gasteiger partial charge is 0.341 e. The molecule has 0 atom stereocenters. The molecule has 0 spiro atoms. The van der Waals surface area contributed by atoms with E-state index in [9.17, 15) is 4.79 Å². The van der Waals surface area contributed by atoms with E-state index in [-0.39, 0.29) is 0 Å². The molecule has 0 aliphatic carbocycles. The van der Waals surface area contributed by atoms with Crippen LogP contribution in [-0.2, 0) is 20.7 Å². The molecule has 4 heteroatoms. The fraction of sp³-hybridized carbons (Fsp3) is 0.125. The van der Waals surface area contributed by atoms with Gasteiger partial charge in [-0.25, -0.2) is 4.79 Å². The van der Waals surface area contributed by atoms with Crippen LogP contribution in [-0.4, -0.2) is 20.2 Å². The Labute approximate surface area is 165 Å². The Kier molecular flexibility index (Phi) is 6.47. The summed E-state index contributed by atoms with van der Waals surface area (Å²) in [5.41, 5.74) is 3.27. The minimum Gasteiger partial charge on any atom is -0.503 e. The molecule has 0 saturated heterocycles. The lowest BCUT2D eigenvalue weighted by Crippen LogP contribution is -2.05. The largest absolute Gasteiger partial charge is 0.503 e. The van der Waals surface area contributed by atoms with Crippen LogP contribution in [0.1, 0.15) is 16.7 Å². The molecular formula is C24H22O4. The van der Waals surface area contributed by atoms with Gasteiger partial charge in [0.05, 0.1) is 20.5 Å². The van der Waals surface area contributed by atoms with Gasteiger partial charge in [-0.3, -0.25) is 0 Å². The minimum absolute atomic E-state index is 0.293. The fourth-order valence-corrected chi connectivity index (χ4v) is 2.90. The number of esters is 1. The van der Waals surface area contributed by atoms with E-state index in [1.807, 2.05) is 54.6 Å². The van der Waals surface area contributed by atoms with E-state index < -0.39 is 5.97 Å². The van der Waals surface area contributed by atoms with Crippen LogP contribution in [0.5, 0.6) is 11.5 Å². The summed E-state index contributed by atoms with van der Waals surface area (Å²) in [5.74, 6) is 0.756. The van der Waals surface area contributed by atoms with Gasteiger partial charge in [-0.1, -0.05) is 60.7 Å². The van der Waals surface area contributed by atoms with E-state index in [0.717, 1.165) is 12.0 Å². The summed E-state index contributed by atoms with van der Waals surface area (Å²) in [6, 6.07) is 25.5. The Hall–Kier alpha value is -3.53. The first-order valence-electron chi connectivity index (χ1n) is 8.92. The molecule has 0 fully saturated rings. The van der Waals surface area contributed by atoms with Crippen LogP contribution < -0.4 is 4.74 Å². The van der Waals surface area contributed by atoms with Crippen LogP contribution >= 0.6 is 0 Å². The highest BCUT2D eigenvalue weighted by Crippen LogP contribution is 2.31. The zero-order valence-electron chi connectivity index (χ0n) is 15.9. The van der Waals surface area contributed by atoms with E-state index in [1.54, 1.807) is 6.07 Å². The normalized spacial score (nSPS) is 11.0. The van der Waals surface area contributed by atoms with Gasteiger partial charge in [0.2, 0.25) is 0 Å². The molecule has 0 aromatic heterocycles. The Morgan fingerprint density at radius 2 is 1.57 bits per heavy atom. The van der Waals surface area contributed by atoms with Gasteiger partial charge in [-0.2, -0.15) is 0 Å². The number of carbonyl (C=O) groups is 1. The molecule has 3 aromatic carbocycles. The standard InChI is InChI=1S/C24H22O4/c1-26-17-22(24(25)27-2)21-13-6-7-14-23(21)28-20-12-8-11-19(16-20)15-18-9-4-3-5-10-18/h3-14,16-17H,15H2,1-2H3/b22-17+. The maximum atomic E-state index is 12.1. The van der Waals surface area contributed by atoms with Crippen molar-refractivity contribution >= 4 is 11.5 Å². The predicted molar refractivity (Wildman–Crippen MR) is 109 cm³/mol. The maximum absolute atomic E-state index is 12.1. The quantitative estimate of drug-likeness (QED) is 0.323. The third kappa shape index (κ3) is 4.80. The third-order valence-electron chi connectivity index (χ3n) is 4.20. The monoisotopic (exact) mass is 374 g/mol. The molecule has 0 amide bonds. The summed E-state index contributed by atoms with van der Waals surface area (Å²) >= 11 is 0. The maximum Gasteiger partial charge on any atom is 0.341 e. The second-order valence-electron chi connectivity index (χ2n) is 6.17. The number of hydrogen-bond donors (Lipinski definition) is 0. The van der Waals surface area contributed by atoms with Gasteiger partial charge in [0.1, 0.15) is 17.1 Å². The first-order chi connectivity index (χ1) is 13.7. The van der Waals surface area contributed by atoms with Gasteiger partial charge < -0.3 is 14.2 Å². The topological polar surface area (TPSA) is 44.8 Å². The highest BCUT2D eigenvalue weighted by atomic mass is 16.5. The van der Waals surface area contributed by atoms with E-state index in [0.29, 0.717) is 22.6 Å². The van der Waals surface area contributed by atoms with E-state index >= 15 is 0 Å². The summed E-state index contributed by atoms with van der Waals surface area (Å²) in [6.07, 6.45) is 2.18. The molecule has 4 nitrogen and oxygen atoms in total. The van der Waals surface area contributed by atoms with Crippen molar-refractivity contribution in [2.24, 2.45) is 0 Å². The van der Waals surface area contributed by atoms with Crippen molar-refractivity contribution in [1.29, 1.82) is 0 Å². The highest BCUT2D eigenvalue weighted by molar-refractivity contribution is 6.17. The molecule has 0 saturated carbocycles. The molecule has 0 bridgehead atoms. The Morgan fingerprint density at radius 3 is 2.32 bits per heavy atom. The third-order valence-corrected chi connectivity index (χ3v) is 4.20. The molecule has 3 aromatic rings. The summed E-state index contributed by atoms with van der Waals surface area (Å²) in [7, 11) is 2.82. The number of para-hydroxylation sites is 1. The number of carbonyl (C=O) groups excluding carboxylic acids is 1. The van der Waals surface area contributed by atoms with Crippen molar-refractivity contribution in [1.82, 2.24) is 0 Å². The molecule has 0 radical (unpaired) electrons.